The van der Waals surface area contributed by atoms with Gasteiger partial charge in [0.25, 0.3) is 5.91 Å². The number of carbonyl (C=O) groups excluding carboxylic acids is 1. The Morgan fingerprint density at radius 3 is 2.33 bits per heavy atom. The van der Waals surface area contributed by atoms with Crippen LogP contribution in [0.3, 0.4) is 0 Å². The van der Waals surface area contributed by atoms with Crippen LogP contribution >= 0.6 is 0 Å². The molecule has 3 rings (SSSR count). The van der Waals surface area contributed by atoms with Gasteiger partial charge >= 0.3 is 0 Å². The molecule has 0 fully saturated rings. The molecule has 0 spiro atoms. The first-order chi connectivity index (χ1) is 14.5. The van der Waals surface area contributed by atoms with Crippen molar-refractivity contribution in [3.8, 4) is 17.2 Å². The number of anilines is 2. The Hall–Kier alpha value is -3.81. The van der Waals surface area contributed by atoms with Crippen LogP contribution in [0.2, 0.25) is 0 Å². The van der Waals surface area contributed by atoms with Gasteiger partial charge in [0, 0.05) is 24.5 Å². The highest BCUT2D eigenvalue weighted by Gasteiger charge is 2.13. The van der Waals surface area contributed by atoms with Crippen molar-refractivity contribution in [2.45, 2.75) is 13.5 Å². The van der Waals surface area contributed by atoms with Gasteiger partial charge in [0.2, 0.25) is 5.95 Å². The molecule has 1 heterocycles. The standard InChI is InChI=1S/C22H24N4O4/c1-14-18(21(27)26-16-7-10-19(29-3)20(11-16)30-4)13-24-22(25-14)23-12-15-5-8-17(28-2)9-6-15/h5-11,13H,12H2,1-4H3,(H,26,27)(H,23,24,25). The van der Waals surface area contributed by atoms with Crippen LogP contribution in [0.4, 0.5) is 11.6 Å². The first-order valence-corrected chi connectivity index (χ1v) is 9.28. The third-order valence-corrected chi connectivity index (χ3v) is 4.48. The van der Waals surface area contributed by atoms with Crippen molar-refractivity contribution >= 4 is 17.5 Å². The van der Waals surface area contributed by atoms with E-state index in [9.17, 15) is 4.79 Å². The molecule has 0 radical (unpaired) electrons. The fourth-order valence-corrected chi connectivity index (χ4v) is 2.81. The van der Waals surface area contributed by atoms with Crippen molar-refractivity contribution < 1.29 is 19.0 Å². The number of benzene rings is 2. The van der Waals surface area contributed by atoms with Crippen molar-refractivity contribution in [2.24, 2.45) is 0 Å². The van der Waals surface area contributed by atoms with Gasteiger partial charge in [0.1, 0.15) is 5.75 Å². The molecule has 30 heavy (non-hydrogen) atoms. The quantitative estimate of drug-likeness (QED) is 0.587. The van der Waals surface area contributed by atoms with Crippen LogP contribution < -0.4 is 24.8 Å². The molecular weight excluding hydrogens is 384 g/mol. The van der Waals surface area contributed by atoms with Gasteiger partial charge in [-0.25, -0.2) is 9.97 Å². The summed E-state index contributed by atoms with van der Waals surface area (Å²) in [6.45, 7) is 2.32. The number of amides is 1. The average molecular weight is 408 g/mol. The number of carbonyl (C=O) groups is 1. The maximum absolute atomic E-state index is 12.6. The zero-order valence-corrected chi connectivity index (χ0v) is 17.4. The molecule has 8 heteroatoms. The zero-order chi connectivity index (χ0) is 21.5. The van der Waals surface area contributed by atoms with Gasteiger partial charge in [-0.2, -0.15) is 0 Å². The Morgan fingerprint density at radius 1 is 0.967 bits per heavy atom. The molecule has 1 aromatic heterocycles. The summed E-state index contributed by atoms with van der Waals surface area (Å²) in [5.74, 6) is 2.06. The van der Waals surface area contributed by atoms with E-state index < -0.39 is 0 Å². The topological polar surface area (TPSA) is 94.6 Å². The maximum atomic E-state index is 12.6. The molecule has 0 atom stereocenters. The second-order valence-corrected chi connectivity index (χ2v) is 6.42. The Balaban J connectivity index is 1.66. The van der Waals surface area contributed by atoms with Crippen LogP contribution in [-0.4, -0.2) is 37.2 Å². The van der Waals surface area contributed by atoms with E-state index in [0.717, 1.165) is 11.3 Å². The van der Waals surface area contributed by atoms with Crippen LogP contribution in [0.5, 0.6) is 17.2 Å². The second-order valence-electron chi connectivity index (χ2n) is 6.42. The lowest BCUT2D eigenvalue weighted by Gasteiger charge is -2.12. The minimum absolute atomic E-state index is 0.304. The number of nitrogens with zero attached hydrogens (tertiary/aromatic N) is 2. The number of nitrogens with one attached hydrogen (secondary N) is 2. The van der Waals surface area contributed by atoms with Gasteiger partial charge in [-0.15, -0.1) is 0 Å². The van der Waals surface area contributed by atoms with Crippen molar-refractivity contribution in [3.63, 3.8) is 0 Å². The number of rotatable bonds is 8. The lowest BCUT2D eigenvalue weighted by Crippen LogP contribution is -2.16. The van der Waals surface area contributed by atoms with Crippen LogP contribution in [0.15, 0.2) is 48.7 Å². The van der Waals surface area contributed by atoms with Crippen LogP contribution in [0.1, 0.15) is 21.6 Å². The molecule has 0 saturated heterocycles. The summed E-state index contributed by atoms with van der Waals surface area (Å²) in [6.07, 6.45) is 1.51. The lowest BCUT2D eigenvalue weighted by molar-refractivity contribution is 0.102. The van der Waals surface area contributed by atoms with Gasteiger partial charge < -0.3 is 24.8 Å². The fourth-order valence-electron chi connectivity index (χ4n) is 2.81. The molecule has 3 aromatic rings. The van der Waals surface area contributed by atoms with E-state index >= 15 is 0 Å². The van der Waals surface area contributed by atoms with Crippen LogP contribution in [0.25, 0.3) is 0 Å². The Labute approximate surface area is 175 Å². The molecule has 0 bridgehead atoms. The summed E-state index contributed by atoms with van der Waals surface area (Å²) >= 11 is 0. The number of hydrogen-bond donors (Lipinski definition) is 2. The molecule has 1 amide bonds. The molecule has 0 aliphatic rings. The predicted molar refractivity (Wildman–Crippen MR) is 115 cm³/mol. The smallest absolute Gasteiger partial charge is 0.259 e. The molecule has 2 aromatic carbocycles. The molecule has 0 unspecified atom stereocenters. The van der Waals surface area contributed by atoms with Crippen molar-refractivity contribution in [1.29, 1.82) is 0 Å². The first-order valence-electron chi connectivity index (χ1n) is 9.28. The summed E-state index contributed by atoms with van der Waals surface area (Å²) in [5.41, 5.74) is 2.60. The molecule has 0 aliphatic carbocycles. The van der Waals surface area contributed by atoms with Gasteiger partial charge in [-0.05, 0) is 36.8 Å². The summed E-state index contributed by atoms with van der Waals surface area (Å²) in [4.78, 5) is 21.3. The van der Waals surface area contributed by atoms with E-state index in [2.05, 4.69) is 20.6 Å². The van der Waals surface area contributed by atoms with E-state index in [0.29, 0.717) is 40.9 Å². The summed E-state index contributed by atoms with van der Waals surface area (Å²) in [7, 11) is 4.73. The van der Waals surface area contributed by atoms with E-state index in [1.54, 1.807) is 46.5 Å². The average Bonchev–Trinajstić information content (AvgIpc) is 2.77. The molecule has 0 saturated carbocycles. The van der Waals surface area contributed by atoms with Crippen LogP contribution in [-0.2, 0) is 6.54 Å². The number of aryl methyl sites for hydroxylation is 1. The largest absolute Gasteiger partial charge is 0.497 e. The SMILES string of the molecule is COc1ccc(CNc2ncc(C(=O)Nc3ccc(OC)c(OC)c3)c(C)n2)cc1. The molecule has 2 N–H and O–H groups in total. The number of hydrogen-bond acceptors (Lipinski definition) is 7. The van der Waals surface area contributed by atoms with Gasteiger partial charge in [0.15, 0.2) is 11.5 Å². The number of ether oxygens (including phenoxy) is 3. The van der Waals surface area contributed by atoms with E-state index in [1.165, 1.54) is 6.20 Å². The number of aromatic nitrogens is 2. The second kappa shape index (κ2) is 9.60. The van der Waals surface area contributed by atoms with Gasteiger partial charge in [0.05, 0.1) is 32.6 Å². The Bertz CT molecular complexity index is 1020. The minimum Gasteiger partial charge on any atom is -0.497 e. The first kappa shape index (κ1) is 20.9. The number of methoxy groups -OCH3 is 3. The third-order valence-electron chi connectivity index (χ3n) is 4.48. The van der Waals surface area contributed by atoms with Crippen molar-refractivity contribution in [2.75, 3.05) is 32.0 Å². The summed E-state index contributed by atoms with van der Waals surface area (Å²) in [6, 6.07) is 12.9. The molecule has 156 valence electrons. The van der Waals surface area contributed by atoms with E-state index in [4.69, 9.17) is 14.2 Å². The third kappa shape index (κ3) is 4.96. The monoisotopic (exact) mass is 408 g/mol. The lowest BCUT2D eigenvalue weighted by atomic mass is 10.2. The van der Waals surface area contributed by atoms with E-state index in [-0.39, 0.29) is 5.91 Å². The molecular formula is C22H24N4O4. The highest BCUT2D eigenvalue weighted by molar-refractivity contribution is 6.05. The van der Waals surface area contributed by atoms with Crippen molar-refractivity contribution in [1.82, 2.24) is 9.97 Å². The molecule has 8 nitrogen and oxygen atoms in total. The van der Waals surface area contributed by atoms with Gasteiger partial charge in [-0.3, -0.25) is 4.79 Å². The van der Waals surface area contributed by atoms with Gasteiger partial charge in [-0.1, -0.05) is 12.1 Å². The van der Waals surface area contributed by atoms with E-state index in [1.807, 2.05) is 24.3 Å². The zero-order valence-electron chi connectivity index (χ0n) is 17.4. The van der Waals surface area contributed by atoms with Crippen molar-refractivity contribution in [3.05, 3.63) is 65.5 Å². The predicted octanol–water partition coefficient (Wildman–Crippen LogP) is 3.68. The summed E-state index contributed by atoms with van der Waals surface area (Å²) in [5, 5.41) is 5.98. The normalized spacial score (nSPS) is 10.3. The molecule has 0 aliphatic heterocycles. The van der Waals surface area contributed by atoms with Crippen LogP contribution in [0, 0.1) is 6.92 Å². The Kier molecular flexibility index (Phi) is 6.69. The summed E-state index contributed by atoms with van der Waals surface area (Å²) < 4.78 is 15.6. The maximum Gasteiger partial charge on any atom is 0.259 e. The highest BCUT2D eigenvalue weighted by atomic mass is 16.5. The highest BCUT2D eigenvalue weighted by Crippen LogP contribution is 2.30. The minimum atomic E-state index is -0.304. The fraction of sp³-hybridized carbons (Fsp3) is 0.227. The Morgan fingerprint density at radius 2 is 1.70 bits per heavy atom.